The average molecular weight is 346 g/mol. The minimum absolute atomic E-state index is 0.119. The third-order valence-electron chi connectivity index (χ3n) is 4.00. The summed E-state index contributed by atoms with van der Waals surface area (Å²) in [6.07, 6.45) is -0.399. The molecule has 1 atom stereocenters. The van der Waals surface area contributed by atoms with Crippen LogP contribution in [0.25, 0.3) is 0 Å². The summed E-state index contributed by atoms with van der Waals surface area (Å²) in [6, 6.07) is 9.50. The third kappa shape index (κ3) is 3.89. The summed E-state index contributed by atoms with van der Waals surface area (Å²) >= 11 is 0. The molecule has 0 radical (unpaired) electrons. The van der Waals surface area contributed by atoms with Crippen molar-refractivity contribution in [3.63, 3.8) is 0 Å². The van der Waals surface area contributed by atoms with Crippen LogP contribution in [0, 0.1) is 5.82 Å². The van der Waals surface area contributed by atoms with E-state index in [1.807, 2.05) is 0 Å². The zero-order valence-corrected chi connectivity index (χ0v) is 13.5. The molecule has 25 heavy (non-hydrogen) atoms. The Hall–Kier alpha value is -2.64. The lowest BCUT2D eigenvalue weighted by Gasteiger charge is -2.23. The van der Waals surface area contributed by atoms with Crippen LogP contribution in [-0.4, -0.2) is 35.8 Å². The fourth-order valence-electron chi connectivity index (χ4n) is 2.71. The molecule has 1 aliphatic rings. The van der Waals surface area contributed by atoms with Crippen molar-refractivity contribution in [1.82, 2.24) is 5.32 Å². The van der Waals surface area contributed by atoms with E-state index in [1.165, 1.54) is 12.1 Å². The molecular weight excluding hydrogens is 327 g/mol. The van der Waals surface area contributed by atoms with E-state index in [-0.39, 0.29) is 42.1 Å². The molecule has 2 aromatic rings. The summed E-state index contributed by atoms with van der Waals surface area (Å²) < 4.78 is 18.9. The lowest BCUT2D eigenvalue weighted by Crippen LogP contribution is -2.28. The van der Waals surface area contributed by atoms with E-state index < -0.39 is 6.10 Å². The van der Waals surface area contributed by atoms with Crippen molar-refractivity contribution in [2.75, 3.05) is 25.0 Å². The summed E-state index contributed by atoms with van der Waals surface area (Å²) in [5.74, 6) is -0.464. The first kappa shape index (κ1) is 17.2. The number of phenols is 1. The number of fused-ring (bicyclic) bond motifs is 1. The number of carbonyl (C=O) groups excluding carboxylic acids is 1. The SMILES string of the molecule is O=C1COc2c(C(O)CNCCc3ccccc3F)ccc(O)c2N1. The van der Waals surface area contributed by atoms with E-state index in [4.69, 9.17) is 4.74 Å². The Labute approximate surface area is 144 Å². The van der Waals surface area contributed by atoms with Gasteiger partial charge in [-0.1, -0.05) is 18.2 Å². The van der Waals surface area contributed by atoms with Crippen LogP contribution in [0.15, 0.2) is 36.4 Å². The maximum Gasteiger partial charge on any atom is 0.262 e. The fraction of sp³-hybridized carbons (Fsp3) is 0.278. The van der Waals surface area contributed by atoms with Gasteiger partial charge in [-0.25, -0.2) is 4.39 Å². The third-order valence-corrected chi connectivity index (χ3v) is 4.00. The van der Waals surface area contributed by atoms with Crippen LogP contribution in [0.4, 0.5) is 10.1 Å². The second-order valence-corrected chi connectivity index (χ2v) is 5.78. The Morgan fingerprint density at radius 2 is 2.08 bits per heavy atom. The maximum absolute atomic E-state index is 13.5. The smallest absolute Gasteiger partial charge is 0.262 e. The zero-order valence-electron chi connectivity index (χ0n) is 13.5. The van der Waals surface area contributed by atoms with E-state index in [9.17, 15) is 19.4 Å². The van der Waals surface area contributed by atoms with Gasteiger partial charge in [-0.05, 0) is 36.7 Å². The van der Waals surface area contributed by atoms with Gasteiger partial charge in [0, 0.05) is 12.1 Å². The number of halogens is 1. The topological polar surface area (TPSA) is 90.8 Å². The molecule has 1 amide bonds. The molecule has 0 spiro atoms. The van der Waals surface area contributed by atoms with Crippen LogP contribution in [-0.2, 0) is 11.2 Å². The number of anilines is 1. The number of aliphatic hydroxyl groups is 1. The van der Waals surface area contributed by atoms with Crippen LogP contribution in [0.3, 0.4) is 0 Å². The summed E-state index contributed by atoms with van der Waals surface area (Å²) in [5, 5.41) is 25.8. The molecule has 1 unspecified atom stereocenters. The van der Waals surface area contributed by atoms with E-state index in [0.29, 0.717) is 24.1 Å². The van der Waals surface area contributed by atoms with Gasteiger partial charge in [0.05, 0.1) is 6.10 Å². The Kier molecular flexibility index (Phi) is 5.16. The quantitative estimate of drug-likeness (QED) is 0.472. The molecule has 0 aromatic heterocycles. The van der Waals surface area contributed by atoms with Crippen molar-refractivity contribution in [1.29, 1.82) is 0 Å². The van der Waals surface area contributed by atoms with E-state index in [1.54, 1.807) is 24.3 Å². The van der Waals surface area contributed by atoms with Crippen molar-refractivity contribution in [3.05, 3.63) is 53.3 Å². The highest BCUT2D eigenvalue weighted by molar-refractivity contribution is 5.97. The molecule has 4 N–H and O–H groups in total. The average Bonchev–Trinajstić information content (AvgIpc) is 2.60. The van der Waals surface area contributed by atoms with Gasteiger partial charge in [-0.15, -0.1) is 0 Å². The number of phenolic OH excluding ortho intramolecular Hbond substituents is 1. The van der Waals surface area contributed by atoms with Gasteiger partial charge >= 0.3 is 0 Å². The number of ether oxygens (including phenoxy) is 1. The highest BCUT2D eigenvalue weighted by atomic mass is 19.1. The first-order chi connectivity index (χ1) is 12.1. The van der Waals surface area contributed by atoms with E-state index in [0.717, 1.165) is 0 Å². The number of benzene rings is 2. The van der Waals surface area contributed by atoms with Gasteiger partial charge in [0.25, 0.3) is 5.91 Å². The van der Waals surface area contributed by atoms with Crippen molar-refractivity contribution in [3.8, 4) is 11.5 Å². The Bertz CT molecular complexity index is 782. The van der Waals surface area contributed by atoms with Crippen LogP contribution in [0.5, 0.6) is 11.5 Å². The zero-order chi connectivity index (χ0) is 17.8. The van der Waals surface area contributed by atoms with Gasteiger partial charge in [0.1, 0.15) is 17.3 Å². The number of aliphatic hydroxyl groups excluding tert-OH is 1. The number of rotatable bonds is 6. The van der Waals surface area contributed by atoms with E-state index >= 15 is 0 Å². The first-order valence-electron chi connectivity index (χ1n) is 7.97. The largest absolute Gasteiger partial charge is 0.506 e. The number of carbonyl (C=O) groups is 1. The van der Waals surface area contributed by atoms with Crippen molar-refractivity contribution in [2.24, 2.45) is 0 Å². The van der Waals surface area contributed by atoms with Gasteiger partial charge in [-0.3, -0.25) is 4.79 Å². The molecule has 0 saturated carbocycles. The second kappa shape index (κ2) is 7.50. The molecule has 0 bridgehead atoms. The van der Waals surface area contributed by atoms with Gasteiger partial charge in [0.15, 0.2) is 12.4 Å². The number of nitrogens with one attached hydrogen (secondary N) is 2. The molecule has 6 nitrogen and oxygen atoms in total. The molecule has 1 heterocycles. The normalized spacial score (nSPS) is 14.4. The fourth-order valence-corrected chi connectivity index (χ4v) is 2.71. The minimum Gasteiger partial charge on any atom is -0.506 e. The molecule has 1 aliphatic heterocycles. The van der Waals surface area contributed by atoms with Crippen molar-refractivity contribution in [2.45, 2.75) is 12.5 Å². The molecule has 0 fully saturated rings. The predicted octanol–water partition coefficient (Wildman–Crippen LogP) is 1.73. The monoisotopic (exact) mass is 346 g/mol. The highest BCUT2D eigenvalue weighted by Gasteiger charge is 2.25. The molecular formula is C18H19FN2O4. The lowest BCUT2D eigenvalue weighted by molar-refractivity contribution is -0.118. The first-order valence-corrected chi connectivity index (χ1v) is 7.97. The standard InChI is InChI=1S/C18H19FN2O4/c19-13-4-2-1-3-11(13)7-8-20-9-15(23)12-5-6-14(22)17-18(12)25-10-16(24)21-17/h1-6,15,20,22-23H,7-10H2,(H,21,24). The van der Waals surface area contributed by atoms with Crippen molar-refractivity contribution < 1.29 is 24.1 Å². The van der Waals surface area contributed by atoms with Gasteiger partial charge in [-0.2, -0.15) is 0 Å². The molecule has 132 valence electrons. The maximum atomic E-state index is 13.5. The van der Waals surface area contributed by atoms with Crippen LogP contribution < -0.4 is 15.4 Å². The van der Waals surface area contributed by atoms with Crippen LogP contribution >= 0.6 is 0 Å². The second-order valence-electron chi connectivity index (χ2n) is 5.78. The molecule has 7 heteroatoms. The highest BCUT2D eigenvalue weighted by Crippen LogP contribution is 2.41. The Morgan fingerprint density at radius 3 is 2.88 bits per heavy atom. The summed E-state index contributed by atoms with van der Waals surface area (Å²) in [6.45, 7) is 0.551. The predicted molar refractivity (Wildman–Crippen MR) is 90.2 cm³/mol. The van der Waals surface area contributed by atoms with Gasteiger partial charge in [0.2, 0.25) is 0 Å². The number of hydrogen-bond acceptors (Lipinski definition) is 5. The Balaban J connectivity index is 1.60. The number of amides is 1. The van der Waals surface area contributed by atoms with E-state index in [2.05, 4.69) is 10.6 Å². The molecule has 0 saturated heterocycles. The minimum atomic E-state index is -0.898. The summed E-state index contributed by atoms with van der Waals surface area (Å²) in [5.41, 5.74) is 1.24. The lowest BCUT2D eigenvalue weighted by atomic mass is 10.0. The summed E-state index contributed by atoms with van der Waals surface area (Å²) in [4.78, 5) is 11.4. The Morgan fingerprint density at radius 1 is 1.28 bits per heavy atom. The molecule has 2 aromatic carbocycles. The number of aromatic hydroxyl groups is 1. The van der Waals surface area contributed by atoms with Crippen LogP contribution in [0.1, 0.15) is 17.2 Å². The molecule has 0 aliphatic carbocycles. The summed E-state index contributed by atoms with van der Waals surface area (Å²) in [7, 11) is 0. The molecule has 3 rings (SSSR count). The van der Waals surface area contributed by atoms with Crippen LogP contribution in [0.2, 0.25) is 0 Å². The van der Waals surface area contributed by atoms with Crippen molar-refractivity contribution >= 4 is 11.6 Å². The van der Waals surface area contributed by atoms with Gasteiger partial charge < -0.3 is 25.6 Å². The number of hydrogen-bond donors (Lipinski definition) is 4.